The number of hydrogen-bond donors (Lipinski definition) is 0. The summed E-state index contributed by atoms with van der Waals surface area (Å²) in [6.45, 7) is 3.41. The topological polar surface area (TPSA) is 39.2 Å². The maximum Gasteiger partial charge on any atom is 0.165 e. The van der Waals surface area contributed by atoms with E-state index in [1.165, 1.54) is 24.5 Å². The number of aromatic nitrogens is 1. The van der Waals surface area contributed by atoms with Gasteiger partial charge in [-0.3, -0.25) is 4.79 Å². The Balaban J connectivity index is 2.37. The molecule has 0 radical (unpaired) electrons. The number of benzene rings is 1. The van der Waals surface area contributed by atoms with Gasteiger partial charge in [0, 0.05) is 16.9 Å². The lowest BCUT2D eigenvalue weighted by atomic mass is 10.2. The minimum atomic E-state index is -0.416. The highest BCUT2D eigenvalue weighted by atomic mass is 32.1. The van der Waals surface area contributed by atoms with Gasteiger partial charge in [0.2, 0.25) is 0 Å². The molecule has 0 saturated heterocycles. The molecule has 0 aliphatic rings. The Bertz CT molecular complexity index is 622. The Labute approximate surface area is 115 Å². The second kappa shape index (κ2) is 5.48. The molecule has 0 atom stereocenters. The summed E-state index contributed by atoms with van der Waals surface area (Å²) in [4.78, 5) is 16.5. The summed E-state index contributed by atoms with van der Waals surface area (Å²) in [5.41, 5.74) is 1.52. The molecule has 0 aliphatic heterocycles. The Morgan fingerprint density at radius 2 is 2.21 bits per heavy atom. The van der Waals surface area contributed by atoms with Crippen molar-refractivity contribution in [3.8, 4) is 16.3 Å². The number of rotatable bonds is 4. The van der Waals surface area contributed by atoms with Crippen molar-refractivity contribution in [3.63, 3.8) is 0 Å². The van der Waals surface area contributed by atoms with Crippen LogP contribution in [0.25, 0.3) is 10.6 Å². The quantitative estimate of drug-likeness (QED) is 0.861. The molecule has 0 saturated carbocycles. The van der Waals surface area contributed by atoms with Crippen molar-refractivity contribution in [2.75, 3.05) is 7.11 Å². The molecule has 19 heavy (non-hydrogen) atoms. The van der Waals surface area contributed by atoms with Crippen molar-refractivity contribution in [1.82, 2.24) is 4.98 Å². The second-order valence-corrected chi connectivity index (χ2v) is 5.34. The molecule has 3 nitrogen and oxygen atoms in total. The number of ketones is 1. The number of thiazole rings is 1. The van der Waals surface area contributed by atoms with E-state index in [2.05, 4.69) is 4.98 Å². The Hall–Kier alpha value is -1.75. The van der Waals surface area contributed by atoms with Crippen LogP contribution in [0, 0.1) is 12.7 Å². The summed E-state index contributed by atoms with van der Waals surface area (Å²) in [6, 6.07) is 4.73. The summed E-state index contributed by atoms with van der Waals surface area (Å²) in [5.74, 6) is -0.110. The SMILES string of the molecule is COc1ccc(-c2nc(C)c(CC(C)=O)s2)cc1F. The summed E-state index contributed by atoms with van der Waals surface area (Å²) in [7, 11) is 1.43. The van der Waals surface area contributed by atoms with Crippen LogP contribution in [-0.4, -0.2) is 17.9 Å². The van der Waals surface area contributed by atoms with Crippen molar-refractivity contribution in [1.29, 1.82) is 0 Å². The number of carbonyl (C=O) groups excluding carboxylic acids is 1. The van der Waals surface area contributed by atoms with Crippen molar-refractivity contribution in [2.24, 2.45) is 0 Å². The van der Waals surface area contributed by atoms with E-state index in [1.54, 1.807) is 19.1 Å². The van der Waals surface area contributed by atoms with Crippen molar-refractivity contribution in [2.45, 2.75) is 20.3 Å². The zero-order chi connectivity index (χ0) is 14.0. The highest BCUT2D eigenvalue weighted by Gasteiger charge is 2.12. The molecule has 0 unspecified atom stereocenters. The molecular weight excluding hydrogens is 265 g/mol. The van der Waals surface area contributed by atoms with Crippen LogP contribution in [0.5, 0.6) is 5.75 Å². The zero-order valence-electron chi connectivity index (χ0n) is 11.0. The monoisotopic (exact) mass is 279 g/mol. The number of hydrogen-bond acceptors (Lipinski definition) is 4. The van der Waals surface area contributed by atoms with Gasteiger partial charge in [-0.25, -0.2) is 9.37 Å². The van der Waals surface area contributed by atoms with Crippen LogP contribution in [-0.2, 0) is 11.2 Å². The van der Waals surface area contributed by atoms with E-state index in [4.69, 9.17) is 4.74 Å². The number of carbonyl (C=O) groups is 1. The lowest BCUT2D eigenvalue weighted by Crippen LogP contribution is -1.95. The largest absolute Gasteiger partial charge is 0.494 e. The summed E-state index contributed by atoms with van der Waals surface area (Å²) < 4.78 is 18.5. The number of aryl methyl sites for hydroxylation is 1. The molecule has 0 aliphatic carbocycles. The molecule has 0 bridgehead atoms. The van der Waals surface area contributed by atoms with Crippen LogP contribution in [0.15, 0.2) is 18.2 Å². The fourth-order valence-electron chi connectivity index (χ4n) is 1.74. The molecule has 2 rings (SSSR count). The predicted molar refractivity (Wildman–Crippen MR) is 73.2 cm³/mol. The Morgan fingerprint density at radius 3 is 2.79 bits per heavy atom. The Morgan fingerprint density at radius 1 is 1.47 bits per heavy atom. The smallest absolute Gasteiger partial charge is 0.165 e. The van der Waals surface area contributed by atoms with Crippen LogP contribution in [0.4, 0.5) is 4.39 Å². The third-order valence-corrected chi connectivity index (χ3v) is 3.91. The maximum absolute atomic E-state index is 13.7. The fourth-order valence-corrected chi connectivity index (χ4v) is 2.87. The van der Waals surface area contributed by atoms with E-state index in [1.807, 2.05) is 6.92 Å². The molecular formula is C14H14FNO2S. The third-order valence-electron chi connectivity index (χ3n) is 2.70. The van der Waals surface area contributed by atoms with Gasteiger partial charge in [-0.05, 0) is 32.0 Å². The van der Waals surface area contributed by atoms with Gasteiger partial charge in [0.05, 0.1) is 12.8 Å². The molecule has 1 heterocycles. The molecule has 5 heteroatoms. The number of Topliss-reactive ketones (excluding diaryl/α,β-unsaturated/α-hetero) is 1. The van der Waals surface area contributed by atoms with Crippen molar-refractivity contribution < 1.29 is 13.9 Å². The van der Waals surface area contributed by atoms with Crippen LogP contribution < -0.4 is 4.74 Å². The third kappa shape index (κ3) is 2.98. The average Bonchev–Trinajstić information content (AvgIpc) is 2.70. The van der Waals surface area contributed by atoms with E-state index in [0.29, 0.717) is 12.0 Å². The summed E-state index contributed by atoms with van der Waals surface area (Å²) in [6.07, 6.45) is 0.377. The maximum atomic E-state index is 13.7. The molecule has 0 amide bonds. The molecule has 0 N–H and O–H groups in total. The first kappa shape index (κ1) is 13.7. The zero-order valence-corrected chi connectivity index (χ0v) is 11.8. The first-order valence-electron chi connectivity index (χ1n) is 5.81. The highest BCUT2D eigenvalue weighted by molar-refractivity contribution is 7.15. The van der Waals surface area contributed by atoms with Crippen molar-refractivity contribution >= 4 is 17.1 Å². The standard InChI is InChI=1S/C14H14FNO2S/c1-8(17)6-13-9(2)16-14(19-13)10-4-5-12(18-3)11(15)7-10/h4-5,7H,6H2,1-3H3. The van der Waals surface area contributed by atoms with Gasteiger partial charge in [-0.2, -0.15) is 0 Å². The first-order chi connectivity index (χ1) is 9.01. The molecule has 1 aromatic carbocycles. The highest BCUT2D eigenvalue weighted by Crippen LogP contribution is 2.30. The average molecular weight is 279 g/mol. The van der Waals surface area contributed by atoms with Crippen LogP contribution >= 0.6 is 11.3 Å². The van der Waals surface area contributed by atoms with Gasteiger partial charge in [0.15, 0.2) is 11.6 Å². The minimum absolute atomic E-state index is 0.0965. The van der Waals surface area contributed by atoms with Gasteiger partial charge < -0.3 is 4.74 Å². The van der Waals surface area contributed by atoms with E-state index >= 15 is 0 Å². The Kier molecular flexibility index (Phi) is 3.95. The second-order valence-electron chi connectivity index (χ2n) is 4.26. The number of ether oxygens (including phenoxy) is 1. The van der Waals surface area contributed by atoms with E-state index in [9.17, 15) is 9.18 Å². The van der Waals surface area contributed by atoms with Crippen molar-refractivity contribution in [3.05, 3.63) is 34.6 Å². The number of methoxy groups -OCH3 is 1. The van der Waals surface area contributed by atoms with Gasteiger partial charge >= 0.3 is 0 Å². The number of halogens is 1. The molecule has 100 valence electrons. The van der Waals surface area contributed by atoms with E-state index in [-0.39, 0.29) is 11.5 Å². The summed E-state index contributed by atoms with van der Waals surface area (Å²) >= 11 is 1.42. The van der Waals surface area contributed by atoms with E-state index in [0.717, 1.165) is 15.6 Å². The van der Waals surface area contributed by atoms with E-state index < -0.39 is 5.82 Å². The minimum Gasteiger partial charge on any atom is -0.494 e. The molecule has 0 spiro atoms. The van der Waals surface area contributed by atoms with Crippen LogP contribution in [0.1, 0.15) is 17.5 Å². The molecule has 1 aromatic heterocycles. The van der Waals surface area contributed by atoms with Gasteiger partial charge in [-0.1, -0.05) is 0 Å². The van der Waals surface area contributed by atoms with Gasteiger partial charge in [0.25, 0.3) is 0 Å². The fraction of sp³-hybridized carbons (Fsp3) is 0.286. The van der Waals surface area contributed by atoms with Gasteiger partial charge in [0.1, 0.15) is 10.8 Å². The summed E-state index contributed by atoms with van der Waals surface area (Å²) in [5, 5.41) is 0.718. The van der Waals surface area contributed by atoms with Gasteiger partial charge in [-0.15, -0.1) is 11.3 Å². The predicted octanol–water partition coefficient (Wildman–Crippen LogP) is 3.40. The molecule has 2 aromatic rings. The van der Waals surface area contributed by atoms with Crippen LogP contribution in [0.3, 0.4) is 0 Å². The number of nitrogens with zero attached hydrogens (tertiary/aromatic N) is 1. The lowest BCUT2D eigenvalue weighted by Gasteiger charge is -2.02. The normalized spacial score (nSPS) is 10.5. The molecule has 0 fully saturated rings. The lowest BCUT2D eigenvalue weighted by molar-refractivity contribution is -0.116. The first-order valence-corrected chi connectivity index (χ1v) is 6.62. The van der Waals surface area contributed by atoms with Crippen LogP contribution in [0.2, 0.25) is 0 Å².